The maximum absolute atomic E-state index is 9.11. The van der Waals surface area contributed by atoms with Gasteiger partial charge in [-0.25, -0.2) is 0 Å². The van der Waals surface area contributed by atoms with Gasteiger partial charge in [-0.05, 0) is 43.9 Å². The molecule has 0 amide bonds. The molecular formula is C15H35N3O3. The van der Waals surface area contributed by atoms with Crippen LogP contribution in [0, 0.1) is 5.41 Å². The Bertz CT molecular complexity index is 197. The minimum atomic E-state index is 0.0576. The number of rotatable bonds is 16. The summed E-state index contributed by atoms with van der Waals surface area (Å²) >= 11 is 0. The van der Waals surface area contributed by atoms with Crippen LogP contribution in [0.25, 0.3) is 0 Å². The molecule has 128 valence electrons. The fourth-order valence-electron chi connectivity index (χ4n) is 2.76. The van der Waals surface area contributed by atoms with Crippen molar-refractivity contribution >= 4 is 0 Å². The van der Waals surface area contributed by atoms with Crippen molar-refractivity contribution in [2.24, 2.45) is 11.1 Å². The van der Waals surface area contributed by atoms with Crippen LogP contribution in [-0.2, 0) is 0 Å². The van der Waals surface area contributed by atoms with Gasteiger partial charge in [0.15, 0.2) is 0 Å². The molecule has 0 saturated heterocycles. The maximum atomic E-state index is 9.11. The normalized spacial score (nSPS) is 12.0. The molecule has 6 nitrogen and oxygen atoms in total. The summed E-state index contributed by atoms with van der Waals surface area (Å²) in [4.78, 5) is 0. The van der Waals surface area contributed by atoms with E-state index in [4.69, 9.17) is 21.1 Å². The maximum Gasteiger partial charge on any atom is 0.0431 e. The van der Waals surface area contributed by atoms with Gasteiger partial charge in [0.05, 0.1) is 0 Å². The topological polar surface area (TPSA) is 111 Å². The summed E-state index contributed by atoms with van der Waals surface area (Å²) in [5.41, 5.74) is 5.48. The molecule has 0 aliphatic rings. The molecule has 0 aliphatic carbocycles. The van der Waals surface area contributed by atoms with Gasteiger partial charge in [-0.1, -0.05) is 0 Å². The Morgan fingerprint density at radius 3 is 1.62 bits per heavy atom. The molecule has 0 aromatic heterocycles. The molecule has 0 atom stereocenters. The highest BCUT2D eigenvalue weighted by Crippen LogP contribution is 2.34. The van der Waals surface area contributed by atoms with E-state index >= 15 is 0 Å². The lowest BCUT2D eigenvalue weighted by molar-refractivity contribution is 0.145. The van der Waals surface area contributed by atoms with Gasteiger partial charge < -0.3 is 31.7 Å². The highest BCUT2D eigenvalue weighted by molar-refractivity contribution is 4.82. The SMILES string of the molecule is NCCNCCNCC(CCCO)(CCCO)CCCO. The molecule has 7 N–H and O–H groups in total. The van der Waals surface area contributed by atoms with Crippen molar-refractivity contribution in [3.63, 3.8) is 0 Å². The van der Waals surface area contributed by atoms with E-state index in [0.29, 0.717) is 6.54 Å². The van der Waals surface area contributed by atoms with Gasteiger partial charge in [-0.15, -0.1) is 0 Å². The first-order valence-corrected chi connectivity index (χ1v) is 8.19. The third-order valence-corrected chi connectivity index (χ3v) is 3.90. The van der Waals surface area contributed by atoms with Gasteiger partial charge in [0.2, 0.25) is 0 Å². The first-order chi connectivity index (χ1) is 10.2. The zero-order chi connectivity index (χ0) is 15.8. The molecule has 0 unspecified atom stereocenters. The van der Waals surface area contributed by atoms with Crippen molar-refractivity contribution in [2.75, 3.05) is 52.5 Å². The second-order valence-electron chi connectivity index (χ2n) is 5.70. The number of hydrogen-bond acceptors (Lipinski definition) is 6. The predicted octanol–water partition coefficient (Wildman–Crippen LogP) is -0.572. The largest absolute Gasteiger partial charge is 0.396 e. The summed E-state index contributed by atoms with van der Waals surface area (Å²) in [6.45, 7) is 4.66. The number of aliphatic hydroxyl groups excluding tert-OH is 3. The second-order valence-corrected chi connectivity index (χ2v) is 5.70. The van der Waals surface area contributed by atoms with Gasteiger partial charge in [-0.3, -0.25) is 0 Å². The van der Waals surface area contributed by atoms with Crippen LogP contribution in [0.3, 0.4) is 0 Å². The highest BCUT2D eigenvalue weighted by atomic mass is 16.3. The zero-order valence-corrected chi connectivity index (χ0v) is 13.3. The van der Waals surface area contributed by atoms with Crippen molar-refractivity contribution in [1.82, 2.24) is 10.6 Å². The Kier molecular flexibility index (Phi) is 14.5. The lowest BCUT2D eigenvalue weighted by atomic mass is 9.75. The zero-order valence-electron chi connectivity index (χ0n) is 13.3. The summed E-state index contributed by atoms with van der Waals surface area (Å²) in [7, 11) is 0. The fourth-order valence-corrected chi connectivity index (χ4v) is 2.76. The van der Waals surface area contributed by atoms with Crippen LogP contribution in [0.1, 0.15) is 38.5 Å². The van der Waals surface area contributed by atoms with E-state index in [2.05, 4.69) is 10.6 Å². The quantitative estimate of drug-likeness (QED) is 0.213. The van der Waals surface area contributed by atoms with Crippen LogP contribution in [0.4, 0.5) is 0 Å². The Balaban J connectivity index is 4.28. The third kappa shape index (κ3) is 11.0. The Morgan fingerprint density at radius 2 is 1.19 bits per heavy atom. The molecule has 0 heterocycles. The summed E-state index contributed by atoms with van der Waals surface area (Å²) in [5.74, 6) is 0. The highest BCUT2D eigenvalue weighted by Gasteiger charge is 2.28. The van der Waals surface area contributed by atoms with Crippen LogP contribution in [0.2, 0.25) is 0 Å². The summed E-state index contributed by atoms with van der Waals surface area (Å²) in [6.07, 6.45) is 5.07. The summed E-state index contributed by atoms with van der Waals surface area (Å²) in [5, 5.41) is 34.0. The van der Waals surface area contributed by atoms with E-state index < -0.39 is 0 Å². The van der Waals surface area contributed by atoms with E-state index in [-0.39, 0.29) is 25.2 Å². The van der Waals surface area contributed by atoms with E-state index in [0.717, 1.165) is 64.7 Å². The molecule has 0 saturated carbocycles. The van der Waals surface area contributed by atoms with E-state index in [1.54, 1.807) is 0 Å². The first-order valence-electron chi connectivity index (χ1n) is 8.19. The lowest BCUT2D eigenvalue weighted by Crippen LogP contribution is -2.39. The average Bonchev–Trinajstić information content (AvgIpc) is 2.51. The number of nitrogens with two attached hydrogens (primary N) is 1. The van der Waals surface area contributed by atoms with E-state index in [1.807, 2.05) is 0 Å². The van der Waals surface area contributed by atoms with Crippen LogP contribution >= 0.6 is 0 Å². The molecule has 0 spiro atoms. The Morgan fingerprint density at radius 1 is 0.714 bits per heavy atom. The average molecular weight is 305 g/mol. The molecule has 0 rings (SSSR count). The van der Waals surface area contributed by atoms with Crippen LogP contribution in [0.5, 0.6) is 0 Å². The summed E-state index contributed by atoms with van der Waals surface area (Å²) < 4.78 is 0. The minimum absolute atomic E-state index is 0.0576. The molecule has 0 aromatic rings. The van der Waals surface area contributed by atoms with Crippen LogP contribution < -0.4 is 16.4 Å². The van der Waals surface area contributed by atoms with Crippen LogP contribution in [0.15, 0.2) is 0 Å². The van der Waals surface area contributed by atoms with Gasteiger partial charge in [0, 0.05) is 52.5 Å². The van der Waals surface area contributed by atoms with Crippen molar-refractivity contribution in [1.29, 1.82) is 0 Å². The molecule has 0 fully saturated rings. The molecular weight excluding hydrogens is 270 g/mol. The first kappa shape index (κ1) is 20.8. The molecule has 0 aliphatic heterocycles. The van der Waals surface area contributed by atoms with E-state index in [1.165, 1.54) is 0 Å². The molecule has 0 bridgehead atoms. The minimum Gasteiger partial charge on any atom is -0.396 e. The monoisotopic (exact) mass is 305 g/mol. The molecule has 0 radical (unpaired) electrons. The van der Waals surface area contributed by atoms with Crippen molar-refractivity contribution in [3.05, 3.63) is 0 Å². The number of nitrogens with one attached hydrogen (secondary N) is 2. The molecule has 0 aromatic carbocycles. The molecule has 6 heteroatoms. The Labute approximate surface area is 129 Å². The smallest absolute Gasteiger partial charge is 0.0431 e. The van der Waals surface area contributed by atoms with Crippen molar-refractivity contribution < 1.29 is 15.3 Å². The van der Waals surface area contributed by atoms with Crippen molar-refractivity contribution in [3.8, 4) is 0 Å². The predicted molar refractivity (Wildman–Crippen MR) is 86.2 cm³/mol. The fraction of sp³-hybridized carbons (Fsp3) is 1.00. The van der Waals surface area contributed by atoms with Gasteiger partial charge in [0.25, 0.3) is 0 Å². The number of aliphatic hydroxyl groups is 3. The summed E-state index contributed by atoms with van der Waals surface area (Å²) in [6, 6.07) is 0. The van der Waals surface area contributed by atoms with Gasteiger partial charge >= 0.3 is 0 Å². The molecule has 21 heavy (non-hydrogen) atoms. The van der Waals surface area contributed by atoms with Gasteiger partial charge in [0.1, 0.15) is 0 Å². The van der Waals surface area contributed by atoms with Crippen molar-refractivity contribution in [2.45, 2.75) is 38.5 Å². The second kappa shape index (κ2) is 14.7. The van der Waals surface area contributed by atoms with Crippen LogP contribution in [-0.4, -0.2) is 67.9 Å². The standard InChI is InChI=1S/C15H35N3O3/c16-7-8-17-9-10-18-14-15(4-1-11-19,5-2-12-20)6-3-13-21/h17-21H,1-14,16H2. The Hall–Kier alpha value is -0.240. The van der Waals surface area contributed by atoms with E-state index in [9.17, 15) is 0 Å². The van der Waals surface area contributed by atoms with Gasteiger partial charge in [-0.2, -0.15) is 0 Å². The third-order valence-electron chi connectivity index (χ3n) is 3.90. The number of hydrogen-bond donors (Lipinski definition) is 6. The lowest BCUT2D eigenvalue weighted by Gasteiger charge is -2.34.